The highest BCUT2D eigenvalue weighted by Crippen LogP contribution is 2.21. The highest BCUT2D eigenvalue weighted by Gasteiger charge is 2.27. The van der Waals surface area contributed by atoms with Crippen molar-refractivity contribution in [1.29, 1.82) is 0 Å². The highest BCUT2D eigenvalue weighted by molar-refractivity contribution is 5.82. The van der Waals surface area contributed by atoms with Crippen LogP contribution in [-0.2, 0) is 19.1 Å². The number of aliphatic hydroxyl groups is 1. The van der Waals surface area contributed by atoms with Gasteiger partial charge in [0.1, 0.15) is 19.3 Å². The van der Waals surface area contributed by atoms with E-state index < -0.39 is 17.5 Å². The summed E-state index contributed by atoms with van der Waals surface area (Å²) in [6, 6.07) is 0. The molecular formula is C15H24O5. The van der Waals surface area contributed by atoms with Gasteiger partial charge in [-0.15, -0.1) is 0 Å². The van der Waals surface area contributed by atoms with Gasteiger partial charge in [0.2, 0.25) is 0 Å². The van der Waals surface area contributed by atoms with Crippen molar-refractivity contribution in [3.8, 4) is 0 Å². The van der Waals surface area contributed by atoms with Crippen LogP contribution in [0.1, 0.15) is 34.1 Å². The Labute approximate surface area is 120 Å². The molecule has 0 aromatic carbocycles. The first-order valence-electron chi connectivity index (χ1n) is 6.65. The number of rotatable bonds is 8. The number of esters is 2. The lowest BCUT2D eigenvalue weighted by molar-refractivity contribution is -0.159. The maximum absolute atomic E-state index is 11.7. The number of carbonyl (C=O) groups is 2. The van der Waals surface area contributed by atoms with Gasteiger partial charge in [0, 0.05) is 6.08 Å². The summed E-state index contributed by atoms with van der Waals surface area (Å²) in [5.41, 5.74) is -0.578. The third kappa shape index (κ3) is 7.74. The molecule has 1 N–H and O–H groups in total. The fourth-order valence-corrected chi connectivity index (χ4v) is 1.03. The minimum Gasteiger partial charge on any atom is -0.462 e. The topological polar surface area (TPSA) is 72.8 Å². The molecule has 0 spiro atoms. The van der Waals surface area contributed by atoms with Gasteiger partial charge in [-0.1, -0.05) is 25.2 Å². The second-order valence-corrected chi connectivity index (χ2v) is 5.00. The lowest BCUT2D eigenvalue weighted by atomic mass is 9.91. The van der Waals surface area contributed by atoms with Gasteiger partial charge in [0.25, 0.3) is 0 Å². The quantitative estimate of drug-likeness (QED) is 0.419. The summed E-state index contributed by atoms with van der Waals surface area (Å²) in [5.74, 6) is -0.930. The third-order valence-corrected chi connectivity index (χ3v) is 2.80. The van der Waals surface area contributed by atoms with Gasteiger partial charge in [0.05, 0.1) is 5.41 Å². The Hall–Kier alpha value is -1.62. The normalized spacial score (nSPS) is 13.7. The SMILES string of the molecule is C/C=C/C=C/C(=O)OCC(O)COC(=O)C(C)(C)CC. The van der Waals surface area contributed by atoms with Crippen LogP contribution in [0.4, 0.5) is 0 Å². The monoisotopic (exact) mass is 284 g/mol. The second-order valence-electron chi connectivity index (χ2n) is 5.00. The lowest BCUT2D eigenvalue weighted by Gasteiger charge is -2.21. The second kappa shape index (κ2) is 9.31. The molecule has 20 heavy (non-hydrogen) atoms. The first kappa shape index (κ1) is 18.4. The number of allylic oxidation sites excluding steroid dienone is 3. The van der Waals surface area contributed by atoms with E-state index in [2.05, 4.69) is 0 Å². The number of ether oxygens (including phenoxy) is 2. The molecule has 0 aromatic heterocycles. The van der Waals surface area contributed by atoms with Crippen LogP contribution in [0.5, 0.6) is 0 Å². The zero-order valence-corrected chi connectivity index (χ0v) is 12.6. The van der Waals surface area contributed by atoms with Gasteiger partial charge < -0.3 is 14.6 Å². The molecular weight excluding hydrogens is 260 g/mol. The van der Waals surface area contributed by atoms with Crippen molar-refractivity contribution in [2.75, 3.05) is 13.2 Å². The molecule has 0 heterocycles. The standard InChI is InChI=1S/C15H24O5/c1-5-7-8-9-13(17)19-10-12(16)11-20-14(18)15(3,4)6-2/h5,7-9,12,16H,6,10-11H2,1-4H3/b7-5+,9-8+. The fraction of sp³-hybridized carbons (Fsp3) is 0.600. The largest absolute Gasteiger partial charge is 0.462 e. The molecule has 0 aromatic rings. The molecule has 0 amide bonds. The van der Waals surface area contributed by atoms with E-state index in [0.29, 0.717) is 6.42 Å². The summed E-state index contributed by atoms with van der Waals surface area (Å²) >= 11 is 0. The first-order chi connectivity index (χ1) is 9.33. The Morgan fingerprint density at radius 2 is 1.80 bits per heavy atom. The Bertz CT molecular complexity index is 368. The molecule has 5 heteroatoms. The molecule has 0 saturated heterocycles. The number of aliphatic hydroxyl groups excluding tert-OH is 1. The first-order valence-corrected chi connectivity index (χ1v) is 6.65. The van der Waals surface area contributed by atoms with Gasteiger partial charge in [-0.25, -0.2) is 4.79 Å². The summed E-state index contributed by atoms with van der Waals surface area (Å²) in [5, 5.41) is 9.56. The van der Waals surface area contributed by atoms with E-state index in [-0.39, 0.29) is 19.2 Å². The van der Waals surface area contributed by atoms with Crippen molar-refractivity contribution in [2.24, 2.45) is 5.41 Å². The number of carbonyl (C=O) groups excluding carboxylic acids is 2. The Balaban J connectivity index is 3.98. The van der Waals surface area contributed by atoms with E-state index in [4.69, 9.17) is 9.47 Å². The van der Waals surface area contributed by atoms with Crippen molar-refractivity contribution in [2.45, 2.75) is 40.2 Å². The summed E-state index contributed by atoms with van der Waals surface area (Å²) in [4.78, 5) is 22.9. The summed E-state index contributed by atoms with van der Waals surface area (Å²) in [6.45, 7) is 6.86. The van der Waals surface area contributed by atoms with E-state index in [0.717, 1.165) is 0 Å². The Kier molecular flexibility index (Phi) is 8.56. The van der Waals surface area contributed by atoms with Gasteiger partial charge in [0.15, 0.2) is 0 Å². The smallest absolute Gasteiger partial charge is 0.330 e. The molecule has 1 atom stereocenters. The van der Waals surface area contributed by atoms with E-state index in [1.165, 1.54) is 6.08 Å². The molecule has 0 bridgehead atoms. The molecule has 0 fully saturated rings. The van der Waals surface area contributed by atoms with Crippen LogP contribution in [0, 0.1) is 5.41 Å². The van der Waals surface area contributed by atoms with E-state index in [1.54, 1.807) is 32.1 Å². The van der Waals surface area contributed by atoms with E-state index >= 15 is 0 Å². The van der Waals surface area contributed by atoms with E-state index in [9.17, 15) is 14.7 Å². The molecule has 0 rings (SSSR count). The third-order valence-electron chi connectivity index (χ3n) is 2.80. The van der Waals surface area contributed by atoms with Gasteiger partial charge >= 0.3 is 11.9 Å². The van der Waals surface area contributed by atoms with Crippen LogP contribution in [0.15, 0.2) is 24.3 Å². The minimum atomic E-state index is -1.02. The summed E-state index contributed by atoms with van der Waals surface area (Å²) in [6.07, 6.45) is 5.87. The molecule has 0 saturated carbocycles. The maximum Gasteiger partial charge on any atom is 0.330 e. The summed E-state index contributed by atoms with van der Waals surface area (Å²) in [7, 11) is 0. The molecule has 5 nitrogen and oxygen atoms in total. The molecule has 1 unspecified atom stereocenters. The van der Waals surface area contributed by atoms with E-state index in [1.807, 2.05) is 13.8 Å². The maximum atomic E-state index is 11.7. The molecule has 0 aliphatic heterocycles. The van der Waals surface area contributed by atoms with Crippen molar-refractivity contribution in [3.05, 3.63) is 24.3 Å². The number of hydrogen-bond acceptors (Lipinski definition) is 5. The zero-order valence-electron chi connectivity index (χ0n) is 12.6. The van der Waals surface area contributed by atoms with Gasteiger partial charge in [-0.2, -0.15) is 0 Å². The van der Waals surface area contributed by atoms with Crippen molar-refractivity contribution >= 4 is 11.9 Å². The van der Waals surface area contributed by atoms with Crippen LogP contribution < -0.4 is 0 Å². The van der Waals surface area contributed by atoms with Crippen LogP contribution in [0.2, 0.25) is 0 Å². The lowest BCUT2D eigenvalue weighted by Crippen LogP contribution is -2.31. The average molecular weight is 284 g/mol. The minimum absolute atomic E-state index is 0.186. The van der Waals surface area contributed by atoms with Gasteiger partial charge in [-0.05, 0) is 27.2 Å². The predicted octanol–water partition coefficient (Wildman–Crippen LogP) is 2.00. The van der Waals surface area contributed by atoms with Crippen LogP contribution >= 0.6 is 0 Å². The molecule has 114 valence electrons. The Morgan fingerprint density at radius 3 is 2.35 bits per heavy atom. The highest BCUT2D eigenvalue weighted by atomic mass is 16.6. The predicted molar refractivity (Wildman–Crippen MR) is 76.0 cm³/mol. The van der Waals surface area contributed by atoms with Crippen LogP contribution in [0.3, 0.4) is 0 Å². The summed E-state index contributed by atoms with van der Waals surface area (Å²) < 4.78 is 9.77. The molecule has 0 radical (unpaired) electrons. The van der Waals surface area contributed by atoms with Crippen LogP contribution in [0.25, 0.3) is 0 Å². The molecule has 0 aliphatic rings. The van der Waals surface area contributed by atoms with Gasteiger partial charge in [-0.3, -0.25) is 4.79 Å². The zero-order chi connectivity index (χ0) is 15.6. The fourth-order valence-electron chi connectivity index (χ4n) is 1.03. The van der Waals surface area contributed by atoms with Crippen LogP contribution in [-0.4, -0.2) is 36.4 Å². The average Bonchev–Trinajstić information content (AvgIpc) is 2.42. The number of hydrogen-bond donors (Lipinski definition) is 1. The van der Waals surface area contributed by atoms with Crippen molar-refractivity contribution < 1.29 is 24.2 Å². The Morgan fingerprint density at radius 1 is 1.20 bits per heavy atom. The van der Waals surface area contributed by atoms with Crippen molar-refractivity contribution in [3.63, 3.8) is 0 Å². The molecule has 0 aliphatic carbocycles. The van der Waals surface area contributed by atoms with Crippen molar-refractivity contribution in [1.82, 2.24) is 0 Å².